The Balaban J connectivity index is 3.55. The molecular formula is C25H54N2O. The Kier molecular flexibility index (Phi) is 23.1. The SMILES string of the molecule is CCCCCCCCCCCCN(CC)CCCN(CC)CCCCCCO. The van der Waals surface area contributed by atoms with Gasteiger partial charge in [-0.05, 0) is 65.0 Å². The van der Waals surface area contributed by atoms with Crippen LogP contribution < -0.4 is 0 Å². The van der Waals surface area contributed by atoms with Crippen molar-refractivity contribution in [2.24, 2.45) is 0 Å². The summed E-state index contributed by atoms with van der Waals surface area (Å²) >= 11 is 0. The molecule has 0 aliphatic heterocycles. The van der Waals surface area contributed by atoms with Gasteiger partial charge in [0.05, 0.1) is 0 Å². The lowest BCUT2D eigenvalue weighted by atomic mass is 10.1. The predicted octanol–water partition coefficient (Wildman–Crippen LogP) is 6.49. The van der Waals surface area contributed by atoms with Gasteiger partial charge in [0.25, 0.3) is 0 Å². The van der Waals surface area contributed by atoms with E-state index in [1.807, 2.05) is 0 Å². The van der Waals surface area contributed by atoms with Gasteiger partial charge in [0, 0.05) is 6.61 Å². The van der Waals surface area contributed by atoms with Gasteiger partial charge in [0.15, 0.2) is 0 Å². The number of unbranched alkanes of at least 4 members (excludes halogenated alkanes) is 12. The third-order valence-corrected chi connectivity index (χ3v) is 6.05. The topological polar surface area (TPSA) is 26.7 Å². The smallest absolute Gasteiger partial charge is 0.0431 e. The van der Waals surface area contributed by atoms with E-state index < -0.39 is 0 Å². The average Bonchev–Trinajstić information content (AvgIpc) is 2.72. The van der Waals surface area contributed by atoms with E-state index in [0.717, 1.165) is 6.42 Å². The Hall–Kier alpha value is -0.120. The van der Waals surface area contributed by atoms with E-state index in [1.54, 1.807) is 0 Å². The van der Waals surface area contributed by atoms with Crippen molar-refractivity contribution in [2.75, 3.05) is 45.9 Å². The number of hydrogen-bond acceptors (Lipinski definition) is 3. The number of rotatable bonds is 23. The molecule has 0 amide bonds. The van der Waals surface area contributed by atoms with Gasteiger partial charge in [-0.3, -0.25) is 0 Å². The number of nitrogens with zero attached hydrogens (tertiary/aromatic N) is 2. The molecule has 1 N–H and O–H groups in total. The van der Waals surface area contributed by atoms with Crippen molar-refractivity contribution in [2.45, 2.75) is 117 Å². The first-order chi connectivity index (χ1) is 13.8. The van der Waals surface area contributed by atoms with E-state index in [2.05, 4.69) is 30.6 Å². The van der Waals surface area contributed by atoms with Crippen LogP contribution in [-0.4, -0.2) is 60.8 Å². The van der Waals surface area contributed by atoms with Crippen molar-refractivity contribution in [3.63, 3.8) is 0 Å². The number of aliphatic hydroxyl groups excluding tert-OH is 1. The first kappa shape index (κ1) is 27.9. The zero-order valence-electron chi connectivity index (χ0n) is 19.9. The van der Waals surface area contributed by atoms with Gasteiger partial charge >= 0.3 is 0 Å². The monoisotopic (exact) mass is 398 g/mol. The largest absolute Gasteiger partial charge is 0.396 e. The zero-order chi connectivity index (χ0) is 20.7. The molecule has 0 aromatic rings. The summed E-state index contributed by atoms with van der Waals surface area (Å²) in [6.07, 6.45) is 20.3. The zero-order valence-corrected chi connectivity index (χ0v) is 19.9. The summed E-state index contributed by atoms with van der Waals surface area (Å²) in [5, 5.41) is 8.85. The first-order valence-electron chi connectivity index (χ1n) is 12.8. The van der Waals surface area contributed by atoms with Crippen LogP contribution in [0.2, 0.25) is 0 Å². The van der Waals surface area contributed by atoms with Gasteiger partial charge in [-0.1, -0.05) is 91.4 Å². The molecule has 0 heterocycles. The summed E-state index contributed by atoms with van der Waals surface area (Å²) in [6.45, 7) is 14.6. The van der Waals surface area contributed by atoms with E-state index in [9.17, 15) is 0 Å². The van der Waals surface area contributed by atoms with Crippen LogP contribution >= 0.6 is 0 Å². The molecule has 0 fully saturated rings. The standard InChI is InChI=1S/C25H54N2O/c1-4-7-8-9-10-11-12-13-14-17-21-26(5-2)23-20-24-27(6-3)22-18-15-16-19-25-28/h28H,4-25H2,1-3H3. The second kappa shape index (κ2) is 23.2. The average molecular weight is 399 g/mol. The Bertz CT molecular complexity index is 286. The Morgan fingerprint density at radius 2 is 0.786 bits per heavy atom. The molecule has 0 aliphatic rings. The van der Waals surface area contributed by atoms with Crippen LogP contribution in [0, 0.1) is 0 Å². The van der Waals surface area contributed by atoms with Crippen LogP contribution in [0.3, 0.4) is 0 Å². The van der Waals surface area contributed by atoms with Crippen LogP contribution in [0.4, 0.5) is 0 Å². The lowest BCUT2D eigenvalue weighted by molar-refractivity contribution is 0.230. The predicted molar refractivity (Wildman–Crippen MR) is 126 cm³/mol. The number of hydrogen-bond donors (Lipinski definition) is 1. The summed E-state index contributed by atoms with van der Waals surface area (Å²) < 4.78 is 0. The van der Waals surface area contributed by atoms with Gasteiger partial charge in [-0.25, -0.2) is 0 Å². The normalized spacial score (nSPS) is 11.8. The van der Waals surface area contributed by atoms with E-state index >= 15 is 0 Å². The highest BCUT2D eigenvalue weighted by Crippen LogP contribution is 2.11. The molecule has 0 atom stereocenters. The molecule has 0 aliphatic carbocycles. The van der Waals surface area contributed by atoms with Crippen LogP contribution in [0.5, 0.6) is 0 Å². The summed E-state index contributed by atoms with van der Waals surface area (Å²) in [4.78, 5) is 5.26. The van der Waals surface area contributed by atoms with Gasteiger partial charge in [-0.15, -0.1) is 0 Å². The highest BCUT2D eigenvalue weighted by molar-refractivity contribution is 4.61. The molecule has 0 saturated carbocycles. The molecule has 0 unspecified atom stereocenters. The highest BCUT2D eigenvalue weighted by atomic mass is 16.2. The van der Waals surface area contributed by atoms with E-state index in [0.29, 0.717) is 6.61 Å². The lowest BCUT2D eigenvalue weighted by Crippen LogP contribution is -2.31. The Morgan fingerprint density at radius 3 is 1.18 bits per heavy atom. The van der Waals surface area contributed by atoms with Crippen LogP contribution in [0.25, 0.3) is 0 Å². The molecule has 170 valence electrons. The van der Waals surface area contributed by atoms with Crippen molar-refractivity contribution in [3.8, 4) is 0 Å². The van der Waals surface area contributed by atoms with Crippen molar-refractivity contribution in [1.82, 2.24) is 9.80 Å². The second-order valence-corrected chi connectivity index (χ2v) is 8.54. The highest BCUT2D eigenvalue weighted by Gasteiger charge is 2.05. The Morgan fingerprint density at radius 1 is 0.429 bits per heavy atom. The molecular weight excluding hydrogens is 344 g/mol. The molecule has 0 radical (unpaired) electrons. The maximum Gasteiger partial charge on any atom is 0.0431 e. The van der Waals surface area contributed by atoms with Crippen LogP contribution in [-0.2, 0) is 0 Å². The van der Waals surface area contributed by atoms with Crippen molar-refractivity contribution < 1.29 is 5.11 Å². The van der Waals surface area contributed by atoms with E-state index in [1.165, 1.54) is 129 Å². The maximum atomic E-state index is 8.85. The second-order valence-electron chi connectivity index (χ2n) is 8.54. The van der Waals surface area contributed by atoms with Gasteiger partial charge in [-0.2, -0.15) is 0 Å². The summed E-state index contributed by atoms with van der Waals surface area (Å²) in [6, 6.07) is 0. The minimum Gasteiger partial charge on any atom is -0.396 e. The fourth-order valence-electron chi connectivity index (χ4n) is 4.00. The molecule has 28 heavy (non-hydrogen) atoms. The molecule has 0 rings (SSSR count). The maximum absolute atomic E-state index is 8.85. The van der Waals surface area contributed by atoms with Gasteiger partial charge in [0.2, 0.25) is 0 Å². The summed E-state index contributed by atoms with van der Waals surface area (Å²) in [5.74, 6) is 0. The van der Waals surface area contributed by atoms with Crippen LogP contribution in [0.1, 0.15) is 117 Å². The van der Waals surface area contributed by atoms with Crippen LogP contribution in [0.15, 0.2) is 0 Å². The third-order valence-electron chi connectivity index (χ3n) is 6.05. The van der Waals surface area contributed by atoms with Gasteiger partial charge in [0.1, 0.15) is 0 Å². The third kappa shape index (κ3) is 19.2. The van der Waals surface area contributed by atoms with Gasteiger partial charge < -0.3 is 14.9 Å². The molecule has 0 bridgehead atoms. The number of aliphatic hydroxyl groups is 1. The molecule has 0 aromatic heterocycles. The molecule has 0 saturated heterocycles. The van der Waals surface area contributed by atoms with E-state index in [-0.39, 0.29) is 0 Å². The fourth-order valence-corrected chi connectivity index (χ4v) is 4.00. The van der Waals surface area contributed by atoms with Crippen molar-refractivity contribution in [3.05, 3.63) is 0 Å². The minimum atomic E-state index is 0.351. The minimum absolute atomic E-state index is 0.351. The molecule has 0 spiro atoms. The van der Waals surface area contributed by atoms with Crippen molar-refractivity contribution in [1.29, 1.82) is 0 Å². The van der Waals surface area contributed by atoms with Crippen molar-refractivity contribution >= 4 is 0 Å². The fraction of sp³-hybridized carbons (Fsp3) is 1.00. The quantitative estimate of drug-likeness (QED) is 0.199. The summed E-state index contributed by atoms with van der Waals surface area (Å²) in [7, 11) is 0. The summed E-state index contributed by atoms with van der Waals surface area (Å²) in [5.41, 5.74) is 0. The molecule has 3 nitrogen and oxygen atoms in total. The first-order valence-corrected chi connectivity index (χ1v) is 12.8. The lowest BCUT2D eigenvalue weighted by Gasteiger charge is -2.24. The molecule has 0 aromatic carbocycles. The Labute approximate surface area is 178 Å². The molecule has 3 heteroatoms. The van der Waals surface area contributed by atoms with E-state index in [4.69, 9.17) is 5.11 Å².